The molecule has 154 valence electrons. The molecule has 8 nitrogen and oxygen atoms in total. The Hall–Kier alpha value is -3.68. The molecule has 0 unspecified atom stereocenters. The molecular weight excluding hydrogens is 384 g/mol. The number of rotatable bonds is 4. The molecule has 1 fully saturated rings. The summed E-state index contributed by atoms with van der Waals surface area (Å²) in [6, 6.07) is 15.7. The van der Waals surface area contributed by atoms with Gasteiger partial charge in [0.2, 0.25) is 5.91 Å². The van der Waals surface area contributed by atoms with Gasteiger partial charge in [-0.05, 0) is 24.3 Å². The molecule has 0 aliphatic carbocycles. The van der Waals surface area contributed by atoms with Gasteiger partial charge in [-0.15, -0.1) is 0 Å². The predicted octanol–water partition coefficient (Wildman–Crippen LogP) is 2.05. The summed E-state index contributed by atoms with van der Waals surface area (Å²) >= 11 is 0. The zero-order chi connectivity index (χ0) is 21.1. The first-order chi connectivity index (χ1) is 14.5. The summed E-state index contributed by atoms with van der Waals surface area (Å²) in [5.74, 6) is -0.841. The van der Waals surface area contributed by atoms with Crippen LogP contribution < -0.4 is 5.32 Å². The highest BCUT2D eigenvalue weighted by Crippen LogP contribution is 2.22. The maximum absolute atomic E-state index is 12.6. The Labute approximate surface area is 174 Å². The maximum Gasteiger partial charge on any atom is 0.321 e. The van der Waals surface area contributed by atoms with E-state index in [9.17, 15) is 19.2 Å². The number of carbonyl (C=O) groups is 4. The molecule has 0 aromatic heterocycles. The second kappa shape index (κ2) is 8.36. The SMILES string of the molecule is O=C(CCN1C(=O)c2ccccc2C1=O)N1CCN(C(=O)Nc2ccccc2)CC1. The van der Waals surface area contributed by atoms with E-state index in [-0.39, 0.29) is 36.7 Å². The summed E-state index contributed by atoms with van der Waals surface area (Å²) < 4.78 is 0. The van der Waals surface area contributed by atoms with Gasteiger partial charge in [0.15, 0.2) is 0 Å². The molecule has 2 aliphatic heterocycles. The van der Waals surface area contributed by atoms with Crippen LogP contribution in [0.1, 0.15) is 27.1 Å². The fourth-order valence-electron chi connectivity index (χ4n) is 3.69. The van der Waals surface area contributed by atoms with Crippen molar-refractivity contribution in [2.24, 2.45) is 0 Å². The van der Waals surface area contributed by atoms with E-state index in [4.69, 9.17) is 0 Å². The molecular formula is C22H22N4O4. The highest BCUT2D eigenvalue weighted by Gasteiger charge is 2.35. The van der Waals surface area contributed by atoms with Crippen LogP contribution in [0.15, 0.2) is 54.6 Å². The minimum absolute atomic E-state index is 0.0554. The zero-order valence-electron chi connectivity index (χ0n) is 16.4. The average Bonchev–Trinajstić information content (AvgIpc) is 3.03. The van der Waals surface area contributed by atoms with E-state index in [1.54, 1.807) is 34.1 Å². The summed E-state index contributed by atoms with van der Waals surface area (Å²) in [6.07, 6.45) is 0.0711. The Bertz CT molecular complexity index is 949. The normalized spacial score (nSPS) is 15.9. The van der Waals surface area contributed by atoms with Crippen LogP contribution in [-0.2, 0) is 4.79 Å². The first-order valence-electron chi connectivity index (χ1n) is 9.88. The van der Waals surface area contributed by atoms with E-state index in [0.29, 0.717) is 37.3 Å². The van der Waals surface area contributed by atoms with Crippen LogP contribution in [0.2, 0.25) is 0 Å². The summed E-state index contributed by atoms with van der Waals surface area (Å²) in [4.78, 5) is 54.2. The van der Waals surface area contributed by atoms with Gasteiger partial charge in [0, 0.05) is 44.8 Å². The van der Waals surface area contributed by atoms with Crippen LogP contribution in [0.5, 0.6) is 0 Å². The van der Waals surface area contributed by atoms with Crippen molar-refractivity contribution in [3.05, 3.63) is 65.7 Å². The van der Waals surface area contributed by atoms with Gasteiger partial charge in [-0.25, -0.2) is 4.79 Å². The number of amides is 5. The third-order valence-electron chi connectivity index (χ3n) is 5.37. The first-order valence-corrected chi connectivity index (χ1v) is 9.88. The number of para-hydroxylation sites is 1. The number of urea groups is 1. The average molecular weight is 406 g/mol. The number of nitrogens with zero attached hydrogens (tertiary/aromatic N) is 3. The lowest BCUT2D eigenvalue weighted by atomic mass is 10.1. The molecule has 0 saturated carbocycles. The Morgan fingerprint density at radius 2 is 1.30 bits per heavy atom. The molecule has 5 amide bonds. The van der Waals surface area contributed by atoms with Crippen molar-refractivity contribution < 1.29 is 19.2 Å². The lowest BCUT2D eigenvalue weighted by Crippen LogP contribution is -2.52. The summed E-state index contributed by atoms with van der Waals surface area (Å²) in [7, 11) is 0. The number of fused-ring (bicyclic) bond motifs is 1. The number of hydrogen-bond donors (Lipinski definition) is 1. The molecule has 1 N–H and O–H groups in total. The highest BCUT2D eigenvalue weighted by atomic mass is 16.2. The van der Waals surface area contributed by atoms with Crippen molar-refractivity contribution in [2.45, 2.75) is 6.42 Å². The quantitative estimate of drug-likeness (QED) is 0.787. The van der Waals surface area contributed by atoms with Crippen molar-refractivity contribution in [1.29, 1.82) is 0 Å². The summed E-state index contributed by atoms with van der Waals surface area (Å²) in [5, 5.41) is 2.84. The number of carbonyl (C=O) groups excluding carboxylic acids is 4. The van der Waals surface area contributed by atoms with Gasteiger partial charge in [-0.2, -0.15) is 0 Å². The molecule has 2 aliphatic rings. The summed E-state index contributed by atoms with van der Waals surface area (Å²) in [6.45, 7) is 1.75. The van der Waals surface area contributed by atoms with Gasteiger partial charge in [-0.3, -0.25) is 19.3 Å². The number of benzene rings is 2. The van der Waals surface area contributed by atoms with Gasteiger partial charge >= 0.3 is 6.03 Å². The van der Waals surface area contributed by atoms with E-state index in [0.717, 1.165) is 10.6 Å². The predicted molar refractivity (Wildman–Crippen MR) is 110 cm³/mol. The Morgan fingerprint density at radius 3 is 1.90 bits per heavy atom. The van der Waals surface area contributed by atoms with Crippen LogP contribution >= 0.6 is 0 Å². The number of piperazine rings is 1. The Kier molecular flexibility index (Phi) is 5.47. The van der Waals surface area contributed by atoms with Crippen LogP contribution in [0.25, 0.3) is 0 Å². The molecule has 0 atom stereocenters. The molecule has 30 heavy (non-hydrogen) atoms. The van der Waals surface area contributed by atoms with Gasteiger partial charge in [-0.1, -0.05) is 30.3 Å². The van der Waals surface area contributed by atoms with Gasteiger partial charge in [0.05, 0.1) is 11.1 Å². The smallest absolute Gasteiger partial charge is 0.321 e. The Morgan fingerprint density at radius 1 is 0.767 bits per heavy atom. The van der Waals surface area contributed by atoms with Crippen LogP contribution in [0.3, 0.4) is 0 Å². The van der Waals surface area contributed by atoms with E-state index in [1.807, 2.05) is 30.3 Å². The molecule has 4 rings (SSSR count). The molecule has 0 spiro atoms. The maximum atomic E-state index is 12.6. The van der Waals surface area contributed by atoms with Crippen molar-refractivity contribution in [3.63, 3.8) is 0 Å². The fraction of sp³-hybridized carbons (Fsp3) is 0.273. The van der Waals surface area contributed by atoms with Crippen molar-refractivity contribution in [2.75, 3.05) is 38.0 Å². The topological polar surface area (TPSA) is 90.0 Å². The molecule has 0 bridgehead atoms. The van der Waals surface area contributed by atoms with E-state index >= 15 is 0 Å². The highest BCUT2D eigenvalue weighted by molar-refractivity contribution is 6.21. The molecule has 2 aromatic carbocycles. The lowest BCUT2D eigenvalue weighted by molar-refractivity contribution is -0.132. The number of anilines is 1. The minimum Gasteiger partial charge on any atom is -0.339 e. The van der Waals surface area contributed by atoms with Gasteiger partial charge < -0.3 is 15.1 Å². The van der Waals surface area contributed by atoms with E-state index in [1.165, 1.54) is 0 Å². The second-order valence-corrected chi connectivity index (χ2v) is 7.22. The third-order valence-corrected chi connectivity index (χ3v) is 5.37. The molecule has 1 saturated heterocycles. The molecule has 2 heterocycles. The van der Waals surface area contributed by atoms with Gasteiger partial charge in [0.1, 0.15) is 0 Å². The second-order valence-electron chi connectivity index (χ2n) is 7.22. The van der Waals surface area contributed by atoms with Crippen LogP contribution in [0, 0.1) is 0 Å². The Balaban J connectivity index is 1.26. The summed E-state index contributed by atoms with van der Waals surface area (Å²) in [5.41, 5.74) is 1.49. The van der Waals surface area contributed by atoms with Crippen molar-refractivity contribution in [1.82, 2.24) is 14.7 Å². The fourth-order valence-corrected chi connectivity index (χ4v) is 3.69. The number of hydrogen-bond acceptors (Lipinski definition) is 4. The molecule has 8 heteroatoms. The van der Waals surface area contributed by atoms with Crippen LogP contribution in [-0.4, -0.2) is 71.2 Å². The standard InChI is InChI=1S/C22H22N4O4/c27-19(10-11-26-20(28)17-8-4-5-9-18(17)21(26)29)24-12-14-25(15-13-24)22(30)23-16-6-2-1-3-7-16/h1-9H,10-15H2,(H,23,30). The third kappa shape index (κ3) is 3.89. The van der Waals surface area contributed by atoms with E-state index in [2.05, 4.69) is 5.32 Å². The first kappa shape index (κ1) is 19.6. The number of nitrogens with one attached hydrogen (secondary N) is 1. The van der Waals surface area contributed by atoms with Gasteiger partial charge in [0.25, 0.3) is 11.8 Å². The number of imide groups is 1. The molecule has 2 aromatic rings. The minimum atomic E-state index is -0.356. The monoisotopic (exact) mass is 406 g/mol. The van der Waals surface area contributed by atoms with Crippen molar-refractivity contribution >= 4 is 29.4 Å². The van der Waals surface area contributed by atoms with Crippen LogP contribution in [0.4, 0.5) is 10.5 Å². The van der Waals surface area contributed by atoms with E-state index < -0.39 is 0 Å². The lowest BCUT2D eigenvalue weighted by Gasteiger charge is -2.35. The zero-order valence-corrected chi connectivity index (χ0v) is 16.4. The van der Waals surface area contributed by atoms with Crippen molar-refractivity contribution in [3.8, 4) is 0 Å². The molecule has 0 radical (unpaired) electrons. The largest absolute Gasteiger partial charge is 0.339 e.